The summed E-state index contributed by atoms with van der Waals surface area (Å²) >= 11 is 5.87. The lowest BCUT2D eigenvalue weighted by Gasteiger charge is -2.22. The molecule has 6 nitrogen and oxygen atoms in total. The number of nitrogens with two attached hydrogens (primary N) is 2. The molecule has 1 heterocycles. The van der Waals surface area contributed by atoms with E-state index in [2.05, 4.69) is 4.98 Å². The molecule has 1 aromatic heterocycles. The first-order chi connectivity index (χ1) is 10.9. The lowest BCUT2D eigenvalue weighted by atomic mass is 10.2. The third-order valence-electron chi connectivity index (χ3n) is 3.28. The highest BCUT2D eigenvalue weighted by Gasteiger charge is 2.27. The Hall–Kier alpha value is -1.67. The summed E-state index contributed by atoms with van der Waals surface area (Å²) < 4.78 is 27.2. The highest BCUT2D eigenvalue weighted by atomic mass is 35.5. The Kier molecular flexibility index (Phi) is 5.95. The molecule has 0 radical (unpaired) electrons. The standard InChI is InChI=1S/C15H19ClN4O2S/c16-13-9-14(15(18)19-10-13)23(21,22)20(8-4-7-17)11-12-5-2-1-3-6-12/h1-3,5-6,9-10H,4,7-8,11,17H2,(H2,18,19). The Labute approximate surface area is 141 Å². The van der Waals surface area contributed by atoms with Gasteiger partial charge in [-0.15, -0.1) is 0 Å². The topological polar surface area (TPSA) is 102 Å². The molecule has 0 bridgehead atoms. The first-order valence-corrected chi connectivity index (χ1v) is 8.92. The first kappa shape index (κ1) is 17.7. The van der Waals surface area contributed by atoms with E-state index in [9.17, 15) is 8.42 Å². The third-order valence-corrected chi connectivity index (χ3v) is 5.36. The van der Waals surface area contributed by atoms with Crippen LogP contribution in [0.2, 0.25) is 5.02 Å². The van der Waals surface area contributed by atoms with Crippen LogP contribution in [0.4, 0.5) is 5.82 Å². The van der Waals surface area contributed by atoms with Gasteiger partial charge >= 0.3 is 0 Å². The van der Waals surface area contributed by atoms with E-state index in [4.69, 9.17) is 23.1 Å². The maximum atomic E-state index is 12.9. The number of nitrogen functional groups attached to an aromatic ring is 1. The maximum Gasteiger partial charge on any atom is 0.247 e. The summed E-state index contributed by atoms with van der Waals surface area (Å²) in [5.74, 6) is -0.0692. The Bertz CT molecular complexity index is 753. The summed E-state index contributed by atoms with van der Waals surface area (Å²) in [4.78, 5) is 3.74. The molecule has 4 N–H and O–H groups in total. The van der Waals surface area contributed by atoms with Crippen molar-refractivity contribution in [3.05, 3.63) is 53.2 Å². The summed E-state index contributed by atoms with van der Waals surface area (Å²) in [6.45, 7) is 0.916. The zero-order valence-electron chi connectivity index (χ0n) is 12.5. The number of rotatable bonds is 7. The maximum absolute atomic E-state index is 12.9. The van der Waals surface area contributed by atoms with Crippen molar-refractivity contribution in [2.75, 3.05) is 18.8 Å². The molecule has 0 saturated heterocycles. The van der Waals surface area contributed by atoms with Gasteiger partial charge in [0.1, 0.15) is 10.7 Å². The minimum atomic E-state index is -3.82. The van der Waals surface area contributed by atoms with Gasteiger partial charge in [0, 0.05) is 19.3 Å². The van der Waals surface area contributed by atoms with Gasteiger partial charge in [0.2, 0.25) is 10.0 Å². The molecule has 124 valence electrons. The molecule has 23 heavy (non-hydrogen) atoms. The number of pyridine rings is 1. The van der Waals surface area contributed by atoms with Crippen molar-refractivity contribution < 1.29 is 8.42 Å². The van der Waals surface area contributed by atoms with Gasteiger partial charge in [-0.05, 0) is 24.6 Å². The summed E-state index contributed by atoms with van der Waals surface area (Å²) in [6.07, 6.45) is 1.86. The molecular weight excluding hydrogens is 336 g/mol. The Morgan fingerprint density at radius 2 is 1.91 bits per heavy atom. The number of sulfonamides is 1. The summed E-state index contributed by atoms with van der Waals surface area (Å²) in [5, 5.41) is 0.219. The number of hydrogen-bond donors (Lipinski definition) is 2. The number of anilines is 1. The Morgan fingerprint density at radius 3 is 2.57 bits per heavy atom. The largest absolute Gasteiger partial charge is 0.383 e. The van der Waals surface area contributed by atoms with Crippen molar-refractivity contribution in [3.8, 4) is 0 Å². The van der Waals surface area contributed by atoms with E-state index in [1.165, 1.54) is 16.6 Å². The zero-order valence-corrected chi connectivity index (χ0v) is 14.1. The number of halogens is 1. The fraction of sp³-hybridized carbons (Fsp3) is 0.267. The van der Waals surface area contributed by atoms with E-state index >= 15 is 0 Å². The summed E-state index contributed by atoms with van der Waals surface area (Å²) in [5.41, 5.74) is 12.1. The normalized spacial score (nSPS) is 11.8. The second-order valence-electron chi connectivity index (χ2n) is 5.00. The predicted octanol–water partition coefficient (Wildman–Crippen LogP) is 1.86. The van der Waals surface area contributed by atoms with Crippen LogP contribution in [0.15, 0.2) is 47.5 Å². The fourth-order valence-corrected chi connectivity index (χ4v) is 3.90. The van der Waals surface area contributed by atoms with E-state index < -0.39 is 10.0 Å². The van der Waals surface area contributed by atoms with Crippen molar-refractivity contribution in [2.24, 2.45) is 5.73 Å². The Balaban J connectivity index is 2.38. The van der Waals surface area contributed by atoms with Crippen molar-refractivity contribution in [2.45, 2.75) is 17.9 Å². The molecule has 0 spiro atoms. The average Bonchev–Trinajstić information content (AvgIpc) is 2.54. The zero-order chi connectivity index (χ0) is 16.9. The quantitative estimate of drug-likeness (QED) is 0.790. The third kappa shape index (κ3) is 4.42. The van der Waals surface area contributed by atoms with Gasteiger partial charge in [0.25, 0.3) is 0 Å². The van der Waals surface area contributed by atoms with Crippen molar-refractivity contribution in [3.63, 3.8) is 0 Å². The van der Waals surface area contributed by atoms with Gasteiger partial charge in [-0.2, -0.15) is 4.31 Å². The van der Waals surface area contributed by atoms with Gasteiger partial charge < -0.3 is 11.5 Å². The second kappa shape index (κ2) is 7.74. The van der Waals surface area contributed by atoms with Crippen LogP contribution in [-0.2, 0) is 16.6 Å². The average molecular weight is 355 g/mol. The molecule has 0 unspecified atom stereocenters. The minimum absolute atomic E-state index is 0.0692. The highest BCUT2D eigenvalue weighted by Crippen LogP contribution is 2.25. The second-order valence-corrected chi connectivity index (χ2v) is 7.35. The number of benzene rings is 1. The molecule has 8 heteroatoms. The summed E-state index contributed by atoms with van der Waals surface area (Å²) in [6, 6.07) is 10.6. The number of aromatic nitrogens is 1. The molecule has 0 aliphatic carbocycles. The first-order valence-electron chi connectivity index (χ1n) is 7.10. The number of nitrogens with zero attached hydrogens (tertiary/aromatic N) is 2. The van der Waals surface area contributed by atoms with Crippen molar-refractivity contribution >= 4 is 27.4 Å². The molecule has 2 rings (SSSR count). The highest BCUT2D eigenvalue weighted by molar-refractivity contribution is 7.89. The molecule has 0 aliphatic rings. The van der Waals surface area contributed by atoms with Crippen molar-refractivity contribution in [1.29, 1.82) is 0 Å². The lowest BCUT2D eigenvalue weighted by molar-refractivity contribution is 0.402. The molecule has 1 aromatic carbocycles. The van der Waals surface area contributed by atoms with E-state index in [1.807, 2.05) is 30.3 Å². The van der Waals surface area contributed by atoms with Crippen molar-refractivity contribution in [1.82, 2.24) is 9.29 Å². The van der Waals surface area contributed by atoms with Crippen LogP contribution in [0, 0.1) is 0 Å². The smallest absolute Gasteiger partial charge is 0.247 e. The molecule has 0 saturated carbocycles. The molecule has 0 amide bonds. The minimum Gasteiger partial charge on any atom is -0.383 e. The molecule has 2 aromatic rings. The van der Waals surface area contributed by atoms with Gasteiger partial charge in [0.15, 0.2) is 0 Å². The van der Waals surface area contributed by atoms with Crippen LogP contribution in [-0.4, -0.2) is 30.8 Å². The lowest BCUT2D eigenvalue weighted by Crippen LogP contribution is -2.33. The predicted molar refractivity (Wildman–Crippen MR) is 91.4 cm³/mol. The van der Waals surface area contributed by atoms with Gasteiger partial charge in [-0.3, -0.25) is 0 Å². The fourth-order valence-electron chi connectivity index (χ4n) is 2.12. The van der Waals surface area contributed by atoms with Gasteiger partial charge in [0.05, 0.1) is 5.02 Å². The van der Waals surface area contributed by atoms with Crippen LogP contribution < -0.4 is 11.5 Å². The van der Waals surface area contributed by atoms with Crippen LogP contribution >= 0.6 is 11.6 Å². The molecular formula is C15H19ClN4O2S. The van der Waals surface area contributed by atoms with E-state index in [-0.39, 0.29) is 22.3 Å². The van der Waals surface area contributed by atoms with Crippen LogP contribution in [0.5, 0.6) is 0 Å². The monoisotopic (exact) mass is 354 g/mol. The van der Waals surface area contributed by atoms with Gasteiger partial charge in [-0.1, -0.05) is 41.9 Å². The van der Waals surface area contributed by atoms with Crippen LogP contribution in [0.3, 0.4) is 0 Å². The van der Waals surface area contributed by atoms with E-state index in [0.717, 1.165) is 5.56 Å². The van der Waals surface area contributed by atoms with Crippen LogP contribution in [0.1, 0.15) is 12.0 Å². The molecule has 0 atom stereocenters. The number of hydrogen-bond acceptors (Lipinski definition) is 5. The van der Waals surface area contributed by atoms with Gasteiger partial charge in [-0.25, -0.2) is 13.4 Å². The molecule has 0 aliphatic heterocycles. The van der Waals surface area contributed by atoms with Crippen LogP contribution in [0.25, 0.3) is 0 Å². The Morgan fingerprint density at radius 1 is 1.22 bits per heavy atom. The summed E-state index contributed by atoms with van der Waals surface area (Å²) in [7, 11) is -3.82. The SMILES string of the molecule is NCCCN(Cc1ccccc1)S(=O)(=O)c1cc(Cl)cnc1N. The van der Waals surface area contributed by atoms with E-state index in [1.54, 1.807) is 0 Å². The molecule has 0 fully saturated rings. The van der Waals surface area contributed by atoms with E-state index in [0.29, 0.717) is 19.5 Å².